The summed E-state index contributed by atoms with van der Waals surface area (Å²) >= 11 is 0. The van der Waals surface area contributed by atoms with Gasteiger partial charge in [0.25, 0.3) is 0 Å². The van der Waals surface area contributed by atoms with Crippen molar-refractivity contribution in [1.82, 2.24) is 20.1 Å². The van der Waals surface area contributed by atoms with Gasteiger partial charge in [0.05, 0.1) is 0 Å². The number of nitrogens with zero attached hydrogens (tertiary/aromatic N) is 3. The summed E-state index contributed by atoms with van der Waals surface area (Å²) in [5.41, 5.74) is 0. The van der Waals surface area contributed by atoms with E-state index in [1.165, 1.54) is 43.8 Å². The van der Waals surface area contributed by atoms with Crippen LogP contribution < -0.4 is 5.32 Å². The average molecular weight is 293 g/mol. The Morgan fingerprint density at radius 1 is 1.00 bits per heavy atom. The number of nitrogens with one attached hydrogen (secondary N) is 1. The Balaban J connectivity index is 0.000000810. The quantitative estimate of drug-likeness (QED) is 0.864. The molecule has 1 aromatic heterocycles. The van der Waals surface area contributed by atoms with Crippen molar-refractivity contribution < 1.29 is 0 Å². The van der Waals surface area contributed by atoms with Gasteiger partial charge in [-0.2, -0.15) is 0 Å². The molecule has 104 valence electrons. The van der Waals surface area contributed by atoms with Crippen molar-refractivity contribution in [2.75, 3.05) is 13.1 Å². The summed E-state index contributed by atoms with van der Waals surface area (Å²) < 4.78 is 2.41. The fraction of sp³-hybridized carbons (Fsp3) is 0.833. The molecule has 0 amide bonds. The van der Waals surface area contributed by atoms with Crippen LogP contribution in [-0.2, 0) is 13.0 Å². The lowest BCUT2D eigenvalue weighted by Crippen LogP contribution is -2.28. The molecule has 3 rings (SSSR count). The molecule has 6 heteroatoms. The molecule has 0 spiro atoms. The summed E-state index contributed by atoms with van der Waals surface area (Å²) in [6.45, 7) is 3.40. The lowest BCUT2D eigenvalue weighted by molar-refractivity contribution is 0.427. The van der Waals surface area contributed by atoms with Gasteiger partial charge in [-0.3, -0.25) is 0 Å². The molecule has 2 aliphatic rings. The number of hydrogen-bond donors (Lipinski definition) is 1. The van der Waals surface area contributed by atoms with E-state index in [2.05, 4.69) is 20.1 Å². The molecule has 1 N–H and O–H groups in total. The number of rotatable bonds is 1. The molecule has 0 saturated carbocycles. The molecule has 0 atom stereocenters. The van der Waals surface area contributed by atoms with Crippen molar-refractivity contribution in [3.05, 3.63) is 11.6 Å². The molecule has 4 nitrogen and oxygen atoms in total. The highest BCUT2D eigenvalue weighted by atomic mass is 35.5. The van der Waals surface area contributed by atoms with Crippen molar-refractivity contribution in [1.29, 1.82) is 0 Å². The highest BCUT2D eigenvalue weighted by molar-refractivity contribution is 5.85. The molecule has 18 heavy (non-hydrogen) atoms. The number of aryl methyl sites for hydroxylation is 1. The highest BCUT2D eigenvalue weighted by Crippen LogP contribution is 2.26. The number of hydrogen-bond acceptors (Lipinski definition) is 3. The van der Waals surface area contributed by atoms with Gasteiger partial charge in [-0.25, -0.2) is 0 Å². The molecule has 1 fully saturated rings. The van der Waals surface area contributed by atoms with E-state index in [1.807, 2.05) is 0 Å². The lowest BCUT2D eigenvalue weighted by atomic mass is 9.97. The predicted octanol–water partition coefficient (Wildman–Crippen LogP) is 2.32. The van der Waals surface area contributed by atoms with Gasteiger partial charge in [-0.1, -0.05) is 6.42 Å². The molecule has 1 saturated heterocycles. The minimum Gasteiger partial charge on any atom is -0.317 e. The summed E-state index contributed by atoms with van der Waals surface area (Å²) in [6, 6.07) is 0. The molecule has 0 unspecified atom stereocenters. The van der Waals surface area contributed by atoms with Crippen LogP contribution >= 0.6 is 24.8 Å². The summed E-state index contributed by atoms with van der Waals surface area (Å²) in [6.07, 6.45) is 7.48. The van der Waals surface area contributed by atoms with Crippen LogP contribution in [0, 0.1) is 0 Å². The molecular formula is C12H22Cl2N4. The van der Waals surface area contributed by atoms with Gasteiger partial charge in [0, 0.05) is 18.9 Å². The van der Waals surface area contributed by atoms with Crippen molar-refractivity contribution >= 4 is 24.8 Å². The van der Waals surface area contributed by atoms with Gasteiger partial charge in [0.15, 0.2) is 0 Å². The van der Waals surface area contributed by atoms with Gasteiger partial charge in [0.1, 0.15) is 11.6 Å². The third-order valence-corrected chi connectivity index (χ3v) is 3.84. The molecule has 0 aromatic carbocycles. The highest BCUT2D eigenvalue weighted by Gasteiger charge is 2.23. The summed E-state index contributed by atoms with van der Waals surface area (Å²) in [5.74, 6) is 3.13. The second kappa shape index (κ2) is 7.31. The van der Waals surface area contributed by atoms with Crippen LogP contribution in [0.15, 0.2) is 0 Å². The van der Waals surface area contributed by atoms with Crippen molar-refractivity contribution in [3.8, 4) is 0 Å². The van der Waals surface area contributed by atoms with E-state index in [0.29, 0.717) is 5.92 Å². The largest absolute Gasteiger partial charge is 0.317 e. The minimum atomic E-state index is 0. The first-order valence-electron chi connectivity index (χ1n) is 6.58. The predicted molar refractivity (Wildman–Crippen MR) is 76.9 cm³/mol. The minimum absolute atomic E-state index is 0. The van der Waals surface area contributed by atoms with Gasteiger partial charge in [-0.15, -0.1) is 35.0 Å². The lowest BCUT2D eigenvalue weighted by Gasteiger charge is -2.22. The Kier molecular flexibility index (Phi) is 6.39. The Morgan fingerprint density at radius 2 is 1.78 bits per heavy atom. The van der Waals surface area contributed by atoms with Gasteiger partial charge in [-0.05, 0) is 38.8 Å². The topological polar surface area (TPSA) is 42.7 Å². The van der Waals surface area contributed by atoms with Crippen LogP contribution in [0.3, 0.4) is 0 Å². The van der Waals surface area contributed by atoms with Crippen LogP contribution in [0.2, 0.25) is 0 Å². The molecule has 0 bridgehead atoms. The first kappa shape index (κ1) is 15.7. The fourth-order valence-corrected chi connectivity index (χ4v) is 2.89. The smallest absolute Gasteiger partial charge is 0.136 e. The first-order chi connectivity index (χ1) is 7.95. The zero-order chi connectivity index (χ0) is 10.8. The third-order valence-electron chi connectivity index (χ3n) is 3.84. The second-order valence-electron chi connectivity index (χ2n) is 4.96. The van der Waals surface area contributed by atoms with Gasteiger partial charge >= 0.3 is 0 Å². The molecule has 2 aliphatic heterocycles. The summed E-state index contributed by atoms with van der Waals surface area (Å²) in [7, 11) is 0. The number of aromatic nitrogens is 3. The first-order valence-corrected chi connectivity index (χ1v) is 6.58. The zero-order valence-corrected chi connectivity index (χ0v) is 12.2. The van der Waals surface area contributed by atoms with Crippen LogP contribution in [0.25, 0.3) is 0 Å². The number of fused-ring (bicyclic) bond motifs is 1. The van der Waals surface area contributed by atoms with E-state index in [9.17, 15) is 0 Å². The Morgan fingerprint density at radius 3 is 2.56 bits per heavy atom. The number of halogens is 2. The second-order valence-corrected chi connectivity index (χ2v) is 4.96. The van der Waals surface area contributed by atoms with Crippen molar-refractivity contribution in [2.45, 2.75) is 51.0 Å². The zero-order valence-electron chi connectivity index (χ0n) is 10.6. The number of piperidine rings is 1. The maximum Gasteiger partial charge on any atom is 0.136 e. The van der Waals surface area contributed by atoms with Gasteiger partial charge in [0.2, 0.25) is 0 Å². The standard InChI is InChI=1S/C12H20N4.2ClH/c1-2-4-11-14-15-12(16(11)9-3-1)10-5-7-13-8-6-10;;/h10,13H,1-9H2;2*1H. The monoisotopic (exact) mass is 292 g/mol. The normalized spacial score (nSPS) is 20.2. The van der Waals surface area contributed by atoms with Crippen molar-refractivity contribution in [3.63, 3.8) is 0 Å². The molecular weight excluding hydrogens is 271 g/mol. The molecule has 0 radical (unpaired) electrons. The van der Waals surface area contributed by atoms with Crippen LogP contribution in [0.5, 0.6) is 0 Å². The van der Waals surface area contributed by atoms with Crippen LogP contribution in [0.4, 0.5) is 0 Å². The van der Waals surface area contributed by atoms with Crippen LogP contribution in [-0.4, -0.2) is 27.9 Å². The third kappa shape index (κ3) is 3.16. The van der Waals surface area contributed by atoms with E-state index in [0.717, 1.165) is 26.1 Å². The van der Waals surface area contributed by atoms with Gasteiger partial charge < -0.3 is 9.88 Å². The van der Waals surface area contributed by atoms with Crippen molar-refractivity contribution in [2.24, 2.45) is 0 Å². The fourth-order valence-electron chi connectivity index (χ4n) is 2.89. The maximum atomic E-state index is 4.45. The van der Waals surface area contributed by atoms with E-state index < -0.39 is 0 Å². The Labute approximate surface area is 121 Å². The summed E-state index contributed by atoms with van der Waals surface area (Å²) in [4.78, 5) is 0. The Hall–Kier alpha value is -0.320. The summed E-state index contributed by atoms with van der Waals surface area (Å²) in [5, 5.41) is 12.2. The van der Waals surface area contributed by atoms with Crippen LogP contribution in [0.1, 0.15) is 49.7 Å². The average Bonchev–Trinajstić information content (AvgIpc) is 2.60. The molecule has 1 aromatic rings. The molecule has 0 aliphatic carbocycles. The maximum absolute atomic E-state index is 4.45. The van der Waals surface area contributed by atoms with E-state index >= 15 is 0 Å². The SMILES string of the molecule is C1CCc2nnc(C3CCNCC3)n2CC1.Cl.Cl. The molecule has 3 heterocycles. The Bertz CT molecular complexity index is 361. The van der Waals surface area contributed by atoms with E-state index in [4.69, 9.17) is 0 Å². The van der Waals surface area contributed by atoms with E-state index in [-0.39, 0.29) is 24.8 Å². The van der Waals surface area contributed by atoms with E-state index in [1.54, 1.807) is 0 Å².